The Bertz CT molecular complexity index is 571. The van der Waals surface area contributed by atoms with E-state index >= 15 is 0 Å². The van der Waals surface area contributed by atoms with Crippen LogP contribution >= 0.6 is 0 Å². The number of hydrogen-bond donors (Lipinski definition) is 1. The molecule has 154 valence electrons. The third kappa shape index (κ3) is 4.28. The van der Waals surface area contributed by atoms with Crippen LogP contribution in [0, 0.1) is 29.1 Å². The van der Waals surface area contributed by atoms with Gasteiger partial charge in [-0.15, -0.1) is 0 Å². The van der Waals surface area contributed by atoms with Crippen LogP contribution in [0.3, 0.4) is 0 Å². The van der Waals surface area contributed by atoms with Crippen LogP contribution in [-0.2, 0) is 27.6 Å². The number of carbonyl (C=O) groups excluding carboxylic acids is 1. The van der Waals surface area contributed by atoms with Gasteiger partial charge in [0.25, 0.3) is 0 Å². The predicted molar refractivity (Wildman–Crippen MR) is 101 cm³/mol. The molecule has 7 nitrogen and oxygen atoms in total. The number of allylic oxidation sites excluding steroid dienone is 2. The maximum absolute atomic E-state index is 12.6. The van der Waals surface area contributed by atoms with Gasteiger partial charge >= 0.3 is 20.7 Å². The van der Waals surface area contributed by atoms with Gasteiger partial charge in [0.05, 0.1) is 18.4 Å². The summed E-state index contributed by atoms with van der Waals surface area (Å²) in [5.74, 6) is -2.73. The lowest BCUT2D eigenvalue weighted by atomic mass is 9.83. The Kier molecular flexibility index (Phi) is 6.89. The van der Waals surface area contributed by atoms with E-state index in [2.05, 4.69) is 20.8 Å². The lowest BCUT2D eigenvalue weighted by Crippen LogP contribution is -2.52. The van der Waals surface area contributed by atoms with Crippen molar-refractivity contribution >= 4 is 20.7 Å². The fourth-order valence-electron chi connectivity index (χ4n) is 4.67. The molecule has 0 amide bonds. The van der Waals surface area contributed by atoms with Crippen LogP contribution in [0.2, 0.25) is 5.54 Å². The number of aliphatic carboxylic acids is 1. The monoisotopic (exact) mass is 400 g/mol. The number of carboxylic acids is 1. The van der Waals surface area contributed by atoms with Gasteiger partial charge in [-0.25, -0.2) is 0 Å². The van der Waals surface area contributed by atoms with Gasteiger partial charge in [-0.05, 0) is 30.1 Å². The smallest absolute Gasteiger partial charge is 0.481 e. The van der Waals surface area contributed by atoms with Crippen molar-refractivity contribution in [2.24, 2.45) is 29.1 Å². The van der Waals surface area contributed by atoms with Gasteiger partial charge in [0.2, 0.25) is 0 Å². The third-order valence-electron chi connectivity index (χ3n) is 5.99. The minimum absolute atomic E-state index is 0.0348. The normalized spacial score (nSPS) is 28.4. The molecule has 0 aromatic rings. The van der Waals surface area contributed by atoms with E-state index < -0.39 is 32.6 Å². The summed E-state index contributed by atoms with van der Waals surface area (Å²) >= 11 is 0. The van der Waals surface area contributed by atoms with E-state index in [0.717, 1.165) is 0 Å². The molecule has 2 bridgehead atoms. The summed E-state index contributed by atoms with van der Waals surface area (Å²) in [6.45, 7) is 6.38. The summed E-state index contributed by atoms with van der Waals surface area (Å²) in [6.07, 6.45) is 5.10. The van der Waals surface area contributed by atoms with Crippen molar-refractivity contribution in [1.29, 1.82) is 0 Å². The van der Waals surface area contributed by atoms with Crippen LogP contribution in [0.15, 0.2) is 12.2 Å². The van der Waals surface area contributed by atoms with Crippen molar-refractivity contribution in [2.45, 2.75) is 39.2 Å². The van der Waals surface area contributed by atoms with Gasteiger partial charge in [0.1, 0.15) is 0 Å². The van der Waals surface area contributed by atoms with E-state index in [0.29, 0.717) is 12.8 Å². The third-order valence-corrected chi connectivity index (χ3v) is 9.71. The molecule has 8 heteroatoms. The Morgan fingerprint density at radius 3 is 2.04 bits per heavy atom. The molecule has 2 aliphatic carbocycles. The zero-order chi connectivity index (χ0) is 20.4. The van der Waals surface area contributed by atoms with Gasteiger partial charge in [0.15, 0.2) is 0 Å². The number of ether oxygens (including phenoxy) is 1. The van der Waals surface area contributed by atoms with Gasteiger partial charge in [0, 0.05) is 26.9 Å². The number of hydrogen-bond acceptors (Lipinski definition) is 6. The summed E-state index contributed by atoms with van der Waals surface area (Å²) in [4.78, 5) is 24.2. The molecule has 2 rings (SSSR count). The van der Waals surface area contributed by atoms with E-state index in [4.69, 9.17) is 18.0 Å². The first-order chi connectivity index (χ1) is 12.6. The highest BCUT2D eigenvalue weighted by molar-refractivity contribution is 6.62. The summed E-state index contributed by atoms with van der Waals surface area (Å²) in [5, 5.41) is 9.49. The number of rotatable bonds is 9. The fraction of sp³-hybridized carbons (Fsp3) is 0.789. The molecule has 0 radical (unpaired) electrons. The van der Waals surface area contributed by atoms with Crippen molar-refractivity contribution in [2.75, 3.05) is 27.9 Å². The van der Waals surface area contributed by atoms with E-state index in [1.165, 1.54) is 0 Å². The molecule has 1 N–H and O–H groups in total. The second-order valence-electron chi connectivity index (χ2n) is 8.43. The highest BCUT2D eigenvalue weighted by Crippen LogP contribution is 2.49. The van der Waals surface area contributed by atoms with Crippen molar-refractivity contribution in [1.82, 2.24) is 0 Å². The van der Waals surface area contributed by atoms with Crippen molar-refractivity contribution in [3.8, 4) is 0 Å². The van der Waals surface area contributed by atoms with E-state index in [9.17, 15) is 14.7 Å². The Balaban J connectivity index is 2.03. The van der Waals surface area contributed by atoms with Crippen LogP contribution < -0.4 is 0 Å². The Morgan fingerprint density at radius 2 is 1.59 bits per heavy atom. The molecule has 0 aromatic carbocycles. The first kappa shape index (κ1) is 22.1. The maximum Gasteiger partial charge on any atom is 0.504 e. The number of carbonyl (C=O) groups is 2. The zero-order valence-electron chi connectivity index (χ0n) is 17.1. The number of carboxylic acid groups (broad SMARTS) is 1. The van der Waals surface area contributed by atoms with E-state index in [-0.39, 0.29) is 29.4 Å². The molecule has 0 aliphatic heterocycles. The first-order valence-corrected chi connectivity index (χ1v) is 11.1. The molecule has 0 heterocycles. The molecule has 0 saturated heterocycles. The van der Waals surface area contributed by atoms with Crippen molar-refractivity contribution < 1.29 is 32.7 Å². The fourth-order valence-corrected chi connectivity index (χ4v) is 7.56. The van der Waals surface area contributed by atoms with Crippen molar-refractivity contribution in [3.63, 3.8) is 0 Å². The molecule has 1 saturated carbocycles. The quantitative estimate of drug-likeness (QED) is 0.361. The average Bonchev–Trinajstić information content (AvgIpc) is 3.22. The van der Waals surface area contributed by atoms with Crippen LogP contribution in [0.4, 0.5) is 0 Å². The highest BCUT2D eigenvalue weighted by atomic mass is 28.4. The second kappa shape index (κ2) is 8.42. The van der Waals surface area contributed by atoms with Gasteiger partial charge in [-0.3, -0.25) is 9.59 Å². The Morgan fingerprint density at radius 1 is 1.07 bits per heavy atom. The number of esters is 1. The highest BCUT2D eigenvalue weighted by Gasteiger charge is 2.54. The molecule has 5 unspecified atom stereocenters. The van der Waals surface area contributed by atoms with E-state index in [1.807, 2.05) is 12.2 Å². The van der Waals surface area contributed by atoms with Crippen molar-refractivity contribution in [3.05, 3.63) is 12.2 Å². The summed E-state index contributed by atoms with van der Waals surface area (Å²) in [5.41, 5.74) is -0.257. The molecule has 2 aliphatic rings. The van der Waals surface area contributed by atoms with Gasteiger partial charge in [-0.1, -0.05) is 32.9 Å². The molecule has 0 spiro atoms. The van der Waals surface area contributed by atoms with Crippen LogP contribution in [0.5, 0.6) is 0 Å². The Hall–Kier alpha value is -1.22. The largest absolute Gasteiger partial charge is 0.504 e. The van der Waals surface area contributed by atoms with Gasteiger partial charge < -0.3 is 23.1 Å². The molecule has 5 atom stereocenters. The molecular formula is C19H32O7Si. The minimum Gasteiger partial charge on any atom is -0.481 e. The minimum atomic E-state index is -2.93. The standard InChI is InChI=1S/C19H32O7Si/c1-19(2,3)14(27(23-4,24-5)25-6)9-10-26-18(22)16-13-8-7-12(11-13)15(16)17(20)21/h7-8,12-16H,9-11H2,1-6H3,(H,20,21). The lowest BCUT2D eigenvalue weighted by Gasteiger charge is -2.40. The number of fused-ring (bicyclic) bond motifs is 2. The molecule has 1 fully saturated rings. The molecule has 0 aromatic heterocycles. The molecule has 27 heavy (non-hydrogen) atoms. The van der Waals surface area contributed by atoms with E-state index in [1.54, 1.807) is 21.3 Å². The topological polar surface area (TPSA) is 91.3 Å². The molecular weight excluding hydrogens is 368 g/mol. The first-order valence-electron chi connectivity index (χ1n) is 9.34. The SMILES string of the molecule is CO[Si](OC)(OC)C(CCOC(=O)C1C2C=CC(C2)C1C(=O)O)C(C)(C)C. The van der Waals surface area contributed by atoms with Gasteiger partial charge in [-0.2, -0.15) is 0 Å². The maximum atomic E-state index is 12.6. The van der Waals surface area contributed by atoms with Crippen LogP contribution in [-0.4, -0.2) is 53.8 Å². The summed E-state index contributed by atoms with van der Waals surface area (Å²) in [7, 11) is 1.79. The summed E-state index contributed by atoms with van der Waals surface area (Å²) in [6, 6.07) is 0. The van der Waals surface area contributed by atoms with Crippen LogP contribution in [0.1, 0.15) is 33.6 Å². The lowest BCUT2D eigenvalue weighted by molar-refractivity contribution is -0.158. The zero-order valence-corrected chi connectivity index (χ0v) is 18.1. The predicted octanol–water partition coefficient (Wildman–Crippen LogP) is 2.74. The van der Waals surface area contributed by atoms with Crippen LogP contribution in [0.25, 0.3) is 0 Å². The summed E-state index contributed by atoms with van der Waals surface area (Å²) < 4.78 is 22.4. The second-order valence-corrected chi connectivity index (χ2v) is 11.6. The Labute approximate surface area is 162 Å². The average molecular weight is 401 g/mol.